The Hall–Kier alpha value is -0.790. The van der Waals surface area contributed by atoms with Gasteiger partial charge in [0.1, 0.15) is 0 Å². The number of hydrogen-bond donors (Lipinski definition) is 1. The zero-order valence-corrected chi connectivity index (χ0v) is 7.37. The summed E-state index contributed by atoms with van der Waals surface area (Å²) < 4.78 is 0. The van der Waals surface area contributed by atoms with E-state index < -0.39 is 5.97 Å². The quantitative estimate of drug-likeness (QED) is 0.634. The number of aliphatic carboxylic acids is 1. The molecule has 1 N–H and O–H groups in total. The lowest BCUT2D eigenvalue weighted by molar-refractivity contribution is -0.141. The van der Waals surface area contributed by atoms with Gasteiger partial charge in [-0.05, 0) is 12.3 Å². The van der Waals surface area contributed by atoms with Crippen molar-refractivity contribution in [2.45, 2.75) is 27.2 Å². The molecule has 0 saturated heterocycles. The molecule has 1 unspecified atom stereocenters. The smallest absolute Gasteiger partial charge is 0.310 e. The highest BCUT2D eigenvalue weighted by Crippen LogP contribution is 2.12. The fourth-order valence-electron chi connectivity index (χ4n) is 0.872. The predicted octanol–water partition coefficient (Wildman–Crippen LogP) is 2.31. The van der Waals surface area contributed by atoms with E-state index in [1.54, 1.807) is 6.08 Å². The Bertz CT molecular complexity index is 148. The number of carboxylic acid groups (broad SMARTS) is 1. The molecular weight excluding hydrogens is 140 g/mol. The molecule has 0 fully saturated rings. The van der Waals surface area contributed by atoms with Crippen LogP contribution in [0.3, 0.4) is 0 Å². The van der Waals surface area contributed by atoms with Crippen molar-refractivity contribution in [1.29, 1.82) is 0 Å². The first-order valence-electron chi connectivity index (χ1n) is 3.99. The van der Waals surface area contributed by atoms with E-state index in [9.17, 15) is 4.79 Å². The molecule has 0 amide bonds. The van der Waals surface area contributed by atoms with Crippen LogP contribution in [0, 0.1) is 11.8 Å². The van der Waals surface area contributed by atoms with Gasteiger partial charge in [-0.3, -0.25) is 4.79 Å². The van der Waals surface area contributed by atoms with E-state index in [4.69, 9.17) is 5.11 Å². The fourth-order valence-corrected chi connectivity index (χ4v) is 0.872. The Morgan fingerprint density at radius 2 is 2.09 bits per heavy atom. The van der Waals surface area contributed by atoms with Crippen molar-refractivity contribution in [2.24, 2.45) is 11.8 Å². The third-order valence-electron chi connectivity index (χ3n) is 1.58. The highest BCUT2D eigenvalue weighted by atomic mass is 16.4. The lowest BCUT2D eigenvalue weighted by atomic mass is 9.95. The standard InChI is InChI=1S/C9H16O2/c1-4-5-6-8(7(2)3)9(10)11/h5-8H,4H2,1-3H3,(H,10,11). The lowest BCUT2D eigenvalue weighted by Gasteiger charge is -2.10. The SMILES string of the molecule is CCC=CC(C(=O)O)C(C)C. The van der Waals surface area contributed by atoms with Crippen LogP contribution in [0.15, 0.2) is 12.2 Å². The Morgan fingerprint density at radius 1 is 1.55 bits per heavy atom. The summed E-state index contributed by atoms with van der Waals surface area (Å²) in [6.45, 7) is 5.83. The van der Waals surface area contributed by atoms with Gasteiger partial charge in [0.2, 0.25) is 0 Å². The van der Waals surface area contributed by atoms with Gasteiger partial charge in [-0.2, -0.15) is 0 Å². The minimum Gasteiger partial charge on any atom is -0.481 e. The van der Waals surface area contributed by atoms with Crippen molar-refractivity contribution < 1.29 is 9.90 Å². The van der Waals surface area contributed by atoms with Crippen LogP contribution < -0.4 is 0 Å². The molecule has 64 valence electrons. The summed E-state index contributed by atoms with van der Waals surface area (Å²) in [6, 6.07) is 0. The Morgan fingerprint density at radius 3 is 2.36 bits per heavy atom. The van der Waals surface area contributed by atoms with E-state index in [0.29, 0.717) is 0 Å². The van der Waals surface area contributed by atoms with Gasteiger partial charge in [0.15, 0.2) is 0 Å². The molecule has 0 saturated carbocycles. The second kappa shape index (κ2) is 4.94. The van der Waals surface area contributed by atoms with E-state index >= 15 is 0 Å². The van der Waals surface area contributed by atoms with Gasteiger partial charge in [-0.1, -0.05) is 32.9 Å². The minimum absolute atomic E-state index is 0.176. The van der Waals surface area contributed by atoms with Gasteiger partial charge in [0.25, 0.3) is 0 Å². The van der Waals surface area contributed by atoms with Crippen molar-refractivity contribution >= 4 is 5.97 Å². The van der Waals surface area contributed by atoms with Crippen molar-refractivity contribution in [3.05, 3.63) is 12.2 Å². The molecule has 0 aromatic heterocycles. The summed E-state index contributed by atoms with van der Waals surface area (Å²) in [6.07, 6.45) is 4.57. The van der Waals surface area contributed by atoms with Crippen LogP contribution in [0.25, 0.3) is 0 Å². The second-order valence-electron chi connectivity index (χ2n) is 2.94. The first-order chi connectivity index (χ1) is 5.09. The number of carboxylic acids is 1. The average Bonchev–Trinajstić information content (AvgIpc) is 1.87. The molecule has 0 radical (unpaired) electrons. The summed E-state index contributed by atoms with van der Waals surface area (Å²) in [5, 5.41) is 8.72. The van der Waals surface area contributed by atoms with Gasteiger partial charge in [-0.15, -0.1) is 0 Å². The molecule has 2 heteroatoms. The largest absolute Gasteiger partial charge is 0.481 e. The van der Waals surface area contributed by atoms with Gasteiger partial charge in [0, 0.05) is 0 Å². The Kier molecular flexibility index (Phi) is 4.59. The summed E-state index contributed by atoms with van der Waals surface area (Å²) >= 11 is 0. The molecular formula is C9H16O2. The summed E-state index contributed by atoms with van der Waals surface area (Å²) in [4.78, 5) is 10.6. The Labute approximate surface area is 67.9 Å². The van der Waals surface area contributed by atoms with Crippen LogP contribution in [0.4, 0.5) is 0 Å². The predicted molar refractivity (Wildman–Crippen MR) is 45.4 cm³/mol. The van der Waals surface area contributed by atoms with Crippen molar-refractivity contribution in [3.63, 3.8) is 0 Å². The third-order valence-corrected chi connectivity index (χ3v) is 1.58. The van der Waals surface area contributed by atoms with E-state index in [2.05, 4.69) is 0 Å². The van der Waals surface area contributed by atoms with Crippen LogP contribution >= 0.6 is 0 Å². The molecule has 1 atom stereocenters. The molecule has 0 heterocycles. The van der Waals surface area contributed by atoms with Crippen LogP contribution in [0.2, 0.25) is 0 Å². The van der Waals surface area contributed by atoms with Crippen molar-refractivity contribution in [3.8, 4) is 0 Å². The van der Waals surface area contributed by atoms with E-state index in [-0.39, 0.29) is 11.8 Å². The molecule has 0 aliphatic carbocycles. The van der Waals surface area contributed by atoms with Gasteiger partial charge in [0.05, 0.1) is 5.92 Å². The van der Waals surface area contributed by atoms with Gasteiger partial charge < -0.3 is 5.11 Å². The Balaban J connectivity index is 4.11. The van der Waals surface area contributed by atoms with Gasteiger partial charge in [-0.25, -0.2) is 0 Å². The van der Waals surface area contributed by atoms with Crippen LogP contribution in [-0.4, -0.2) is 11.1 Å². The molecule has 0 aliphatic rings. The number of rotatable bonds is 4. The average molecular weight is 156 g/mol. The number of allylic oxidation sites excluding steroid dienone is 1. The van der Waals surface area contributed by atoms with E-state index in [0.717, 1.165) is 6.42 Å². The maximum atomic E-state index is 10.6. The topological polar surface area (TPSA) is 37.3 Å². The summed E-state index contributed by atoms with van der Waals surface area (Å²) in [5.41, 5.74) is 0. The van der Waals surface area contributed by atoms with Crippen molar-refractivity contribution in [1.82, 2.24) is 0 Å². The maximum absolute atomic E-state index is 10.6. The molecule has 0 aromatic rings. The zero-order valence-electron chi connectivity index (χ0n) is 7.37. The highest BCUT2D eigenvalue weighted by Gasteiger charge is 2.16. The van der Waals surface area contributed by atoms with E-state index in [1.807, 2.05) is 26.8 Å². The van der Waals surface area contributed by atoms with Crippen LogP contribution in [0.1, 0.15) is 27.2 Å². The molecule has 2 nitrogen and oxygen atoms in total. The molecule has 0 spiro atoms. The first kappa shape index (κ1) is 10.2. The molecule has 0 rings (SSSR count). The molecule has 0 aliphatic heterocycles. The van der Waals surface area contributed by atoms with Crippen LogP contribution in [-0.2, 0) is 4.79 Å². The molecule has 0 aromatic carbocycles. The normalized spacial score (nSPS) is 14.2. The number of hydrogen-bond acceptors (Lipinski definition) is 1. The van der Waals surface area contributed by atoms with Gasteiger partial charge >= 0.3 is 5.97 Å². The maximum Gasteiger partial charge on any atom is 0.310 e. The summed E-state index contributed by atoms with van der Waals surface area (Å²) in [5.74, 6) is -0.880. The number of carbonyl (C=O) groups is 1. The minimum atomic E-state index is -0.732. The molecule has 11 heavy (non-hydrogen) atoms. The fraction of sp³-hybridized carbons (Fsp3) is 0.667. The third kappa shape index (κ3) is 3.81. The second-order valence-corrected chi connectivity index (χ2v) is 2.94. The van der Waals surface area contributed by atoms with Crippen LogP contribution in [0.5, 0.6) is 0 Å². The first-order valence-corrected chi connectivity index (χ1v) is 3.99. The van der Waals surface area contributed by atoms with Crippen molar-refractivity contribution in [2.75, 3.05) is 0 Å². The van der Waals surface area contributed by atoms with E-state index in [1.165, 1.54) is 0 Å². The zero-order chi connectivity index (χ0) is 8.85. The lowest BCUT2D eigenvalue weighted by Crippen LogP contribution is -2.16. The molecule has 0 bridgehead atoms. The highest BCUT2D eigenvalue weighted by molar-refractivity contribution is 5.72. The monoisotopic (exact) mass is 156 g/mol. The summed E-state index contributed by atoms with van der Waals surface area (Å²) in [7, 11) is 0.